The molecule has 9 nitrogen and oxygen atoms in total. The average Bonchev–Trinajstić information content (AvgIpc) is 3.33. The molecule has 4 rings (SSSR count). The molecule has 0 bridgehead atoms. The van der Waals surface area contributed by atoms with Crippen LogP contribution in [0.3, 0.4) is 0 Å². The molecule has 3 aromatic carbocycles. The van der Waals surface area contributed by atoms with Gasteiger partial charge < -0.3 is 4.74 Å². The second kappa shape index (κ2) is 10.2. The molecule has 0 radical (unpaired) electrons. The summed E-state index contributed by atoms with van der Waals surface area (Å²) in [4.78, 5) is 40.4. The SMILES string of the molecule is CC(=O)c1ccc(OCC(=O)NNC(=O)c2nc(-c3ccccc3)n(-c3ccccc3)n2)cc1. The van der Waals surface area contributed by atoms with Crippen LogP contribution in [-0.2, 0) is 4.79 Å². The summed E-state index contributed by atoms with van der Waals surface area (Å²) in [5.41, 5.74) is 6.65. The van der Waals surface area contributed by atoms with Crippen molar-refractivity contribution in [3.63, 3.8) is 0 Å². The first-order chi connectivity index (χ1) is 16.5. The van der Waals surface area contributed by atoms with E-state index in [2.05, 4.69) is 20.9 Å². The maximum Gasteiger partial charge on any atom is 0.309 e. The van der Waals surface area contributed by atoms with Gasteiger partial charge in [-0.2, -0.15) is 0 Å². The maximum atomic E-state index is 12.6. The molecule has 1 heterocycles. The number of carbonyl (C=O) groups excluding carboxylic acids is 3. The van der Waals surface area contributed by atoms with E-state index in [-0.39, 0.29) is 18.2 Å². The zero-order chi connectivity index (χ0) is 23.9. The van der Waals surface area contributed by atoms with Crippen molar-refractivity contribution in [2.45, 2.75) is 6.92 Å². The molecule has 0 saturated carbocycles. The minimum atomic E-state index is -0.675. The van der Waals surface area contributed by atoms with Crippen molar-refractivity contribution >= 4 is 17.6 Å². The van der Waals surface area contributed by atoms with Crippen molar-refractivity contribution < 1.29 is 19.1 Å². The van der Waals surface area contributed by atoms with Crippen LogP contribution < -0.4 is 15.6 Å². The Morgan fingerprint density at radius 2 is 1.50 bits per heavy atom. The third kappa shape index (κ3) is 5.33. The molecular formula is C25H21N5O4. The second-order valence-corrected chi connectivity index (χ2v) is 7.24. The molecule has 4 aromatic rings. The van der Waals surface area contributed by atoms with Gasteiger partial charge in [0.15, 0.2) is 18.2 Å². The average molecular weight is 455 g/mol. The monoisotopic (exact) mass is 455 g/mol. The highest BCUT2D eigenvalue weighted by molar-refractivity contribution is 5.94. The summed E-state index contributed by atoms with van der Waals surface area (Å²) in [6, 6.07) is 25.1. The van der Waals surface area contributed by atoms with E-state index in [1.807, 2.05) is 60.7 Å². The number of aromatic nitrogens is 3. The maximum absolute atomic E-state index is 12.6. The van der Waals surface area contributed by atoms with Gasteiger partial charge in [0.2, 0.25) is 5.82 Å². The molecule has 0 aliphatic carbocycles. The van der Waals surface area contributed by atoms with Gasteiger partial charge in [-0.1, -0.05) is 48.5 Å². The highest BCUT2D eigenvalue weighted by atomic mass is 16.5. The van der Waals surface area contributed by atoms with Crippen molar-refractivity contribution in [1.82, 2.24) is 25.6 Å². The van der Waals surface area contributed by atoms with Gasteiger partial charge in [-0.15, -0.1) is 5.10 Å². The first-order valence-corrected chi connectivity index (χ1v) is 10.4. The zero-order valence-electron chi connectivity index (χ0n) is 18.3. The van der Waals surface area contributed by atoms with Gasteiger partial charge in [-0.25, -0.2) is 9.67 Å². The van der Waals surface area contributed by atoms with E-state index in [1.54, 1.807) is 28.9 Å². The Morgan fingerprint density at radius 3 is 2.15 bits per heavy atom. The van der Waals surface area contributed by atoms with Crippen molar-refractivity contribution in [3.8, 4) is 22.8 Å². The number of hydrogen-bond acceptors (Lipinski definition) is 6. The van der Waals surface area contributed by atoms with E-state index in [0.29, 0.717) is 17.1 Å². The lowest BCUT2D eigenvalue weighted by Gasteiger charge is -2.08. The number of Topliss-reactive ketones (excluding diaryl/α,β-unsaturated/α-hetero) is 1. The largest absolute Gasteiger partial charge is 0.484 e. The van der Waals surface area contributed by atoms with Gasteiger partial charge >= 0.3 is 5.91 Å². The topological polar surface area (TPSA) is 115 Å². The van der Waals surface area contributed by atoms with Crippen LogP contribution in [0.1, 0.15) is 27.9 Å². The number of ether oxygens (including phenoxy) is 1. The van der Waals surface area contributed by atoms with Crippen LogP contribution >= 0.6 is 0 Å². The van der Waals surface area contributed by atoms with Gasteiger partial charge in [0.05, 0.1) is 5.69 Å². The zero-order valence-corrected chi connectivity index (χ0v) is 18.3. The summed E-state index contributed by atoms with van der Waals surface area (Å²) in [5.74, 6) is -0.516. The van der Waals surface area contributed by atoms with Gasteiger partial charge in [0.1, 0.15) is 5.75 Å². The molecule has 2 amide bonds. The van der Waals surface area contributed by atoms with Crippen LogP contribution in [0, 0.1) is 0 Å². The minimum absolute atomic E-state index is 0.0641. The van der Waals surface area contributed by atoms with Gasteiger partial charge in [-0.3, -0.25) is 25.2 Å². The van der Waals surface area contributed by atoms with Crippen LogP contribution in [0.15, 0.2) is 84.9 Å². The number of hydrazine groups is 1. The lowest BCUT2D eigenvalue weighted by atomic mass is 10.1. The van der Waals surface area contributed by atoms with E-state index in [1.165, 1.54) is 6.92 Å². The van der Waals surface area contributed by atoms with Crippen LogP contribution in [0.5, 0.6) is 5.75 Å². The molecule has 0 fully saturated rings. The Kier molecular flexibility index (Phi) is 6.73. The molecule has 2 N–H and O–H groups in total. The molecule has 1 aromatic heterocycles. The van der Waals surface area contributed by atoms with E-state index < -0.39 is 11.8 Å². The number of hydrogen-bond donors (Lipinski definition) is 2. The summed E-state index contributed by atoms with van der Waals surface area (Å²) in [6.07, 6.45) is 0. The molecule has 9 heteroatoms. The number of ketones is 1. The number of amides is 2. The van der Waals surface area contributed by atoms with E-state index in [0.717, 1.165) is 11.3 Å². The van der Waals surface area contributed by atoms with Crippen molar-refractivity contribution in [1.29, 1.82) is 0 Å². The predicted octanol–water partition coefficient (Wildman–Crippen LogP) is 2.98. The Labute approximate surface area is 195 Å². The lowest BCUT2D eigenvalue weighted by Crippen LogP contribution is -2.44. The molecular weight excluding hydrogens is 434 g/mol. The van der Waals surface area contributed by atoms with Crippen LogP contribution in [0.4, 0.5) is 0 Å². The Hall–Kier alpha value is -4.79. The summed E-state index contributed by atoms with van der Waals surface area (Å²) in [7, 11) is 0. The molecule has 0 atom stereocenters. The number of rotatable bonds is 7. The molecule has 34 heavy (non-hydrogen) atoms. The fourth-order valence-electron chi connectivity index (χ4n) is 3.08. The van der Waals surface area contributed by atoms with Crippen LogP contribution in [0.2, 0.25) is 0 Å². The second-order valence-electron chi connectivity index (χ2n) is 7.24. The normalized spacial score (nSPS) is 10.4. The van der Waals surface area contributed by atoms with E-state index in [9.17, 15) is 14.4 Å². The number of carbonyl (C=O) groups is 3. The van der Waals surface area contributed by atoms with Gasteiger partial charge in [0, 0.05) is 11.1 Å². The summed E-state index contributed by atoms with van der Waals surface area (Å²) >= 11 is 0. The third-order valence-electron chi connectivity index (χ3n) is 4.79. The van der Waals surface area contributed by atoms with Gasteiger partial charge in [0.25, 0.3) is 5.91 Å². The quantitative estimate of drug-likeness (QED) is 0.327. The Bertz CT molecular complexity index is 1250. The highest BCUT2D eigenvalue weighted by Gasteiger charge is 2.19. The standard InChI is InChI=1S/C25H21N5O4/c1-17(31)18-12-14-21(15-13-18)34-16-22(32)27-28-25(33)23-26-24(19-8-4-2-5-9-19)30(29-23)20-10-6-3-7-11-20/h2-15H,16H2,1H3,(H,27,32)(H,28,33). The van der Waals surface area contributed by atoms with Gasteiger partial charge in [-0.05, 0) is 43.3 Å². The Morgan fingerprint density at radius 1 is 0.853 bits per heavy atom. The lowest BCUT2D eigenvalue weighted by molar-refractivity contribution is -0.123. The molecule has 0 unspecified atom stereocenters. The summed E-state index contributed by atoms with van der Waals surface area (Å²) < 4.78 is 6.94. The van der Waals surface area contributed by atoms with Crippen LogP contribution in [-0.4, -0.2) is 39.0 Å². The number of nitrogens with one attached hydrogen (secondary N) is 2. The molecule has 0 aliphatic rings. The predicted molar refractivity (Wildman–Crippen MR) is 124 cm³/mol. The molecule has 170 valence electrons. The van der Waals surface area contributed by atoms with Crippen LogP contribution in [0.25, 0.3) is 17.1 Å². The first-order valence-electron chi connectivity index (χ1n) is 10.4. The first kappa shape index (κ1) is 22.4. The van der Waals surface area contributed by atoms with Crippen molar-refractivity contribution in [3.05, 3.63) is 96.3 Å². The minimum Gasteiger partial charge on any atom is -0.484 e. The summed E-state index contributed by atoms with van der Waals surface area (Å²) in [5, 5.41) is 4.33. The van der Waals surface area contributed by atoms with Crippen molar-refractivity contribution in [2.24, 2.45) is 0 Å². The number of nitrogens with zero attached hydrogens (tertiary/aromatic N) is 3. The Balaban J connectivity index is 1.41. The number of benzene rings is 3. The fraction of sp³-hybridized carbons (Fsp3) is 0.0800. The van der Waals surface area contributed by atoms with E-state index >= 15 is 0 Å². The molecule has 0 saturated heterocycles. The van der Waals surface area contributed by atoms with Crippen molar-refractivity contribution in [2.75, 3.05) is 6.61 Å². The number of para-hydroxylation sites is 1. The summed E-state index contributed by atoms with van der Waals surface area (Å²) in [6.45, 7) is 1.13. The van der Waals surface area contributed by atoms with E-state index in [4.69, 9.17) is 4.74 Å². The molecule has 0 aliphatic heterocycles. The fourth-order valence-corrected chi connectivity index (χ4v) is 3.08. The highest BCUT2D eigenvalue weighted by Crippen LogP contribution is 2.21. The smallest absolute Gasteiger partial charge is 0.309 e. The third-order valence-corrected chi connectivity index (χ3v) is 4.79. The molecule has 0 spiro atoms.